The van der Waals surface area contributed by atoms with Crippen molar-refractivity contribution in [1.29, 1.82) is 0 Å². The molecule has 0 radical (unpaired) electrons. The summed E-state index contributed by atoms with van der Waals surface area (Å²) in [5.41, 5.74) is 1.31. The van der Waals surface area contributed by atoms with Gasteiger partial charge in [0.2, 0.25) is 5.91 Å². The highest BCUT2D eigenvalue weighted by atomic mass is 16.2. The number of amides is 2. The molecule has 0 heterocycles. The molecule has 4 aliphatic carbocycles. The Morgan fingerprint density at radius 2 is 1.56 bits per heavy atom. The first kappa shape index (κ1) is 16.6. The van der Waals surface area contributed by atoms with E-state index in [9.17, 15) is 9.59 Å². The lowest BCUT2D eigenvalue weighted by Gasteiger charge is -2.55. The fraction of sp³-hybridized carbons (Fsp3) is 0.619. The second-order valence-corrected chi connectivity index (χ2v) is 8.49. The largest absolute Gasteiger partial charge is 0.352 e. The monoisotopic (exact) mass is 340 g/mol. The molecule has 0 aliphatic heterocycles. The Bertz CT molecular complexity index is 630. The minimum absolute atomic E-state index is 0.0548. The van der Waals surface area contributed by atoms with Crippen molar-refractivity contribution in [2.75, 3.05) is 11.9 Å². The van der Waals surface area contributed by atoms with E-state index in [0.717, 1.165) is 49.1 Å². The van der Waals surface area contributed by atoms with E-state index in [2.05, 4.69) is 10.6 Å². The SMILES string of the molecule is CCCNC(=O)c1ccc(NC(=O)C23CC4CC(CC(C4)C2)C3)cc1. The average Bonchev–Trinajstić information content (AvgIpc) is 2.59. The smallest absolute Gasteiger partial charge is 0.251 e. The van der Waals surface area contributed by atoms with Gasteiger partial charge in [0, 0.05) is 17.8 Å². The lowest BCUT2D eigenvalue weighted by Crippen LogP contribution is -2.51. The van der Waals surface area contributed by atoms with Gasteiger partial charge < -0.3 is 10.6 Å². The van der Waals surface area contributed by atoms with Crippen LogP contribution >= 0.6 is 0 Å². The molecular formula is C21H28N2O2. The Morgan fingerprint density at radius 3 is 2.08 bits per heavy atom. The first-order valence-electron chi connectivity index (χ1n) is 9.78. The highest BCUT2D eigenvalue weighted by Gasteiger charge is 2.54. The van der Waals surface area contributed by atoms with Crippen molar-refractivity contribution in [3.8, 4) is 0 Å². The molecule has 4 nitrogen and oxygen atoms in total. The van der Waals surface area contributed by atoms with Gasteiger partial charge in [0.15, 0.2) is 0 Å². The van der Waals surface area contributed by atoms with E-state index < -0.39 is 0 Å². The van der Waals surface area contributed by atoms with Crippen molar-refractivity contribution < 1.29 is 9.59 Å². The number of carbonyl (C=O) groups excluding carboxylic acids is 2. The fourth-order valence-corrected chi connectivity index (χ4v) is 5.70. The van der Waals surface area contributed by atoms with Crippen LogP contribution < -0.4 is 10.6 Å². The lowest BCUT2D eigenvalue weighted by molar-refractivity contribution is -0.140. The van der Waals surface area contributed by atoms with Crippen molar-refractivity contribution in [1.82, 2.24) is 5.32 Å². The predicted octanol–water partition coefficient (Wildman–Crippen LogP) is 3.98. The van der Waals surface area contributed by atoms with Crippen LogP contribution in [0, 0.1) is 23.2 Å². The summed E-state index contributed by atoms with van der Waals surface area (Å²) in [6, 6.07) is 7.28. The van der Waals surface area contributed by atoms with Crippen LogP contribution in [-0.4, -0.2) is 18.4 Å². The maximum atomic E-state index is 13.0. The Hall–Kier alpha value is -1.84. The van der Waals surface area contributed by atoms with Crippen LogP contribution in [0.2, 0.25) is 0 Å². The lowest BCUT2D eigenvalue weighted by atomic mass is 9.49. The van der Waals surface area contributed by atoms with E-state index in [0.29, 0.717) is 12.1 Å². The predicted molar refractivity (Wildman–Crippen MR) is 98.3 cm³/mol. The number of anilines is 1. The Kier molecular flexibility index (Phi) is 4.30. The Morgan fingerprint density at radius 1 is 1.00 bits per heavy atom. The highest BCUT2D eigenvalue weighted by Crippen LogP contribution is 2.60. The summed E-state index contributed by atoms with van der Waals surface area (Å²) in [6.07, 6.45) is 8.16. The van der Waals surface area contributed by atoms with E-state index in [1.807, 2.05) is 19.1 Å². The number of rotatable bonds is 5. The molecular weight excluding hydrogens is 312 g/mol. The summed E-state index contributed by atoms with van der Waals surface area (Å²) in [7, 11) is 0. The van der Waals surface area contributed by atoms with Gasteiger partial charge in [0.25, 0.3) is 5.91 Å². The van der Waals surface area contributed by atoms with E-state index in [1.54, 1.807) is 12.1 Å². The molecule has 0 spiro atoms. The Labute approximate surface area is 149 Å². The number of nitrogens with one attached hydrogen (secondary N) is 2. The first-order valence-corrected chi connectivity index (χ1v) is 9.78. The summed E-state index contributed by atoms with van der Waals surface area (Å²) < 4.78 is 0. The minimum Gasteiger partial charge on any atom is -0.352 e. The zero-order valence-corrected chi connectivity index (χ0v) is 15.0. The van der Waals surface area contributed by atoms with E-state index >= 15 is 0 Å². The van der Waals surface area contributed by atoms with Crippen LogP contribution in [0.1, 0.15) is 62.2 Å². The van der Waals surface area contributed by atoms with E-state index in [1.165, 1.54) is 19.3 Å². The molecule has 1 aromatic rings. The molecule has 0 unspecified atom stereocenters. The van der Waals surface area contributed by atoms with Crippen LogP contribution in [0.4, 0.5) is 5.69 Å². The van der Waals surface area contributed by atoms with Crippen LogP contribution in [0.5, 0.6) is 0 Å². The van der Waals surface area contributed by atoms with Gasteiger partial charge in [-0.3, -0.25) is 9.59 Å². The van der Waals surface area contributed by atoms with Gasteiger partial charge in [0.1, 0.15) is 0 Å². The second kappa shape index (κ2) is 6.47. The second-order valence-electron chi connectivity index (χ2n) is 8.49. The van der Waals surface area contributed by atoms with Crippen molar-refractivity contribution in [3.05, 3.63) is 29.8 Å². The van der Waals surface area contributed by atoms with E-state index in [4.69, 9.17) is 0 Å². The highest BCUT2D eigenvalue weighted by molar-refractivity contribution is 5.97. The third kappa shape index (κ3) is 3.19. The van der Waals surface area contributed by atoms with Crippen molar-refractivity contribution >= 4 is 17.5 Å². The van der Waals surface area contributed by atoms with Crippen LogP contribution in [0.25, 0.3) is 0 Å². The van der Waals surface area contributed by atoms with Gasteiger partial charge in [-0.05, 0) is 87.0 Å². The topological polar surface area (TPSA) is 58.2 Å². The normalized spacial score (nSPS) is 32.4. The number of hydrogen-bond acceptors (Lipinski definition) is 2. The molecule has 2 amide bonds. The van der Waals surface area contributed by atoms with Gasteiger partial charge in [-0.2, -0.15) is 0 Å². The zero-order chi connectivity index (χ0) is 17.4. The first-order chi connectivity index (χ1) is 12.1. The van der Waals surface area contributed by atoms with Gasteiger partial charge in [0.05, 0.1) is 5.41 Å². The van der Waals surface area contributed by atoms with Crippen molar-refractivity contribution in [2.24, 2.45) is 23.2 Å². The maximum Gasteiger partial charge on any atom is 0.251 e. The molecule has 0 aromatic heterocycles. The van der Waals surface area contributed by atoms with Gasteiger partial charge in [-0.1, -0.05) is 6.92 Å². The summed E-state index contributed by atoms with van der Waals surface area (Å²) in [5, 5.41) is 6.01. The maximum absolute atomic E-state index is 13.0. The standard InChI is InChI=1S/C21H28N2O2/c1-2-7-22-19(24)17-3-5-18(6-4-17)23-20(25)21-11-14-8-15(12-21)10-16(9-14)13-21/h3-6,14-16H,2,7-13H2,1H3,(H,22,24)(H,23,25). The van der Waals surface area contributed by atoms with Crippen LogP contribution in [-0.2, 0) is 4.79 Å². The molecule has 5 rings (SSSR count). The summed E-state index contributed by atoms with van der Waals surface area (Å²) in [4.78, 5) is 25.0. The quantitative estimate of drug-likeness (QED) is 0.852. The van der Waals surface area contributed by atoms with Gasteiger partial charge in [-0.25, -0.2) is 0 Å². The molecule has 4 fully saturated rings. The van der Waals surface area contributed by atoms with Gasteiger partial charge >= 0.3 is 0 Å². The fourth-order valence-electron chi connectivity index (χ4n) is 5.70. The third-order valence-electron chi connectivity index (χ3n) is 6.46. The molecule has 25 heavy (non-hydrogen) atoms. The van der Waals surface area contributed by atoms with Crippen molar-refractivity contribution in [3.63, 3.8) is 0 Å². The average molecular weight is 340 g/mol. The summed E-state index contributed by atoms with van der Waals surface area (Å²) in [6.45, 7) is 2.71. The molecule has 2 N–H and O–H groups in total. The molecule has 0 saturated heterocycles. The van der Waals surface area contributed by atoms with E-state index in [-0.39, 0.29) is 17.2 Å². The molecule has 4 aliphatic rings. The summed E-state index contributed by atoms with van der Waals surface area (Å²) >= 11 is 0. The third-order valence-corrected chi connectivity index (χ3v) is 6.46. The zero-order valence-electron chi connectivity index (χ0n) is 15.0. The molecule has 4 heteroatoms. The van der Waals surface area contributed by atoms with Crippen LogP contribution in [0.3, 0.4) is 0 Å². The van der Waals surface area contributed by atoms with Crippen molar-refractivity contribution in [2.45, 2.75) is 51.9 Å². The number of benzene rings is 1. The molecule has 1 aromatic carbocycles. The molecule has 134 valence electrons. The molecule has 4 saturated carbocycles. The number of carbonyl (C=O) groups is 2. The van der Waals surface area contributed by atoms with Gasteiger partial charge in [-0.15, -0.1) is 0 Å². The summed E-state index contributed by atoms with van der Waals surface area (Å²) in [5.74, 6) is 2.44. The minimum atomic E-state index is -0.133. The molecule has 0 atom stereocenters. The molecule has 4 bridgehead atoms. The van der Waals surface area contributed by atoms with Crippen LogP contribution in [0.15, 0.2) is 24.3 Å². The Balaban J connectivity index is 1.42. The number of hydrogen-bond donors (Lipinski definition) is 2.